The number of benzene rings is 1. The van der Waals surface area contributed by atoms with Gasteiger partial charge in [0.2, 0.25) is 0 Å². The lowest BCUT2D eigenvalue weighted by Gasteiger charge is -2.44. The zero-order valence-electron chi connectivity index (χ0n) is 13.6. The van der Waals surface area contributed by atoms with E-state index >= 15 is 0 Å². The molecule has 0 atom stereocenters. The van der Waals surface area contributed by atoms with Gasteiger partial charge in [-0.2, -0.15) is 5.10 Å². The van der Waals surface area contributed by atoms with Gasteiger partial charge in [0.05, 0.1) is 48.9 Å². The number of carbonyl (C=O) groups excluding carboxylic acids is 1. The summed E-state index contributed by atoms with van der Waals surface area (Å²) in [5, 5.41) is 14.2. The molecule has 2 aromatic rings. The SMILES string of the molecule is CCc1c(C(=O)N2CC(C)(O)C2)cnn1-c1ccc(OC)cc1. The Bertz CT molecular complexity index is 711. The maximum atomic E-state index is 12.6. The molecule has 0 saturated carbocycles. The molecule has 1 fully saturated rings. The minimum absolute atomic E-state index is 0.0758. The highest BCUT2D eigenvalue weighted by molar-refractivity contribution is 5.96. The molecule has 1 aliphatic rings. The number of amides is 1. The summed E-state index contributed by atoms with van der Waals surface area (Å²) in [6.45, 7) is 4.46. The largest absolute Gasteiger partial charge is 0.497 e. The van der Waals surface area contributed by atoms with Gasteiger partial charge in [0.1, 0.15) is 5.75 Å². The monoisotopic (exact) mass is 315 g/mol. The van der Waals surface area contributed by atoms with E-state index in [2.05, 4.69) is 5.10 Å². The van der Waals surface area contributed by atoms with Gasteiger partial charge >= 0.3 is 0 Å². The van der Waals surface area contributed by atoms with Crippen molar-refractivity contribution in [3.05, 3.63) is 41.7 Å². The Morgan fingerprint density at radius 2 is 2.00 bits per heavy atom. The molecule has 1 aromatic heterocycles. The number of likely N-dealkylation sites (tertiary alicyclic amines) is 1. The summed E-state index contributed by atoms with van der Waals surface area (Å²) in [4.78, 5) is 14.2. The molecular formula is C17H21N3O3. The number of nitrogens with zero attached hydrogens (tertiary/aromatic N) is 3. The number of aliphatic hydroxyl groups is 1. The van der Waals surface area contributed by atoms with Crippen LogP contribution in [0.2, 0.25) is 0 Å². The predicted octanol–water partition coefficient (Wildman–Crippen LogP) is 1.65. The third-order valence-electron chi connectivity index (χ3n) is 4.10. The molecule has 1 N–H and O–H groups in total. The van der Waals surface area contributed by atoms with Crippen LogP contribution in [-0.2, 0) is 6.42 Å². The van der Waals surface area contributed by atoms with Crippen molar-refractivity contribution in [1.82, 2.24) is 14.7 Å². The van der Waals surface area contributed by atoms with Crippen molar-refractivity contribution in [1.29, 1.82) is 0 Å². The average Bonchev–Trinajstić information content (AvgIpc) is 2.95. The molecule has 1 aliphatic heterocycles. The van der Waals surface area contributed by atoms with E-state index in [4.69, 9.17) is 4.74 Å². The summed E-state index contributed by atoms with van der Waals surface area (Å²) >= 11 is 0. The zero-order chi connectivity index (χ0) is 16.6. The lowest BCUT2D eigenvalue weighted by molar-refractivity contribution is -0.0669. The number of ether oxygens (including phenoxy) is 1. The smallest absolute Gasteiger partial charge is 0.257 e. The average molecular weight is 315 g/mol. The second kappa shape index (κ2) is 5.70. The van der Waals surface area contributed by atoms with E-state index in [0.717, 1.165) is 17.1 Å². The molecule has 1 amide bonds. The Hall–Kier alpha value is -2.34. The molecule has 2 heterocycles. The van der Waals surface area contributed by atoms with Gasteiger partial charge in [0.15, 0.2) is 0 Å². The fourth-order valence-electron chi connectivity index (χ4n) is 2.93. The Balaban J connectivity index is 1.89. The van der Waals surface area contributed by atoms with E-state index in [1.165, 1.54) is 0 Å². The van der Waals surface area contributed by atoms with Gasteiger partial charge in [-0.1, -0.05) is 6.92 Å². The van der Waals surface area contributed by atoms with Crippen LogP contribution in [0.1, 0.15) is 29.9 Å². The van der Waals surface area contributed by atoms with Gasteiger partial charge < -0.3 is 14.7 Å². The third-order valence-corrected chi connectivity index (χ3v) is 4.10. The molecule has 23 heavy (non-hydrogen) atoms. The van der Waals surface area contributed by atoms with E-state index in [0.29, 0.717) is 25.1 Å². The van der Waals surface area contributed by atoms with Gasteiger partial charge in [-0.05, 0) is 37.6 Å². The van der Waals surface area contributed by atoms with Crippen molar-refractivity contribution in [2.75, 3.05) is 20.2 Å². The summed E-state index contributed by atoms with van der Waals surface area (Å²) in [7, 11) is 1.62. The summed E-state index contributed by atoms with van der Waals surface area (Å²) < 4.78 is 6.95. The molecule has 0 spiro atoms. The van der Waals surface area contributed by atoms with Crippen LogP contribution in [-0.4, -0.2) is 51.5 Å². The maximum Gasteiger partial charge on any atom is 0.257 e. The standard InChI is InChI=1S/C17H21N3O3/c1-4-15-14(16(21)19-10-17(2,22)11-19)9-18-20(15)12-5-7-13(23-3)8-6-12/h5-9,22H,4,10-11H2,1-3H3. The molecule has 3 rings (SSSR count). The van der Waals surface area contributed by atoms with E-state index in [9.17, 15) is 9.90 Å². The highest BCUT2D eigenvalue weighted by Crippen LogP contribution is 2.25. The minimum Gasteiger partial charge on any atom is -0.497 e. The number of hydrogen-bond donors (Lipinski definition) is 1. The summed E-state index contributed by atoms with van der Waals surface area (Å²) in [6, 6.07) is 7.55. The predicted molar refractivity (Wildman–Crippen MR) is 86.0 cm³/mol. The number of β-amino-alcohol motifs (C(OH)–C–C–N with tert-alkyl or cyclic N) is 1. The van der Waals surface area contributed by atoms with Crippen LogP contribution in [0.5, 0.6) is 5.75 Å². The van der Waals surface area contributed by atoms with Crippen molar-refractivity contribution >= 4 is 5.91 Å². The molecular weight excluding hydrogens is 294 g/mol. The molecule has 0 aliphatic carbocycles. The Morgan fingerprint density at radius 3 is 2.52 bits per heavy atom. The summed E-state index contributed by atoms with van der Waals surface area (Å²) in [5.74, 6) is 0.700. The fraction of sp³-hybridized carbons (Fsp3) is 0.412. The van der Waals surface area contributed by atoms with E-state index in [1.54, 1.807) is 29.8 Å². The molecule has 0 radical (unpaired) electrons. The first-order chi connectivity index (χ1) is 10.9. The fourth-order valence-corrected chi connectivity index (χ4v) is 2.93. The highest BCUT2D eigenvalue weighted by atomic mass is 16.5. The van der Waals surface area contributed by atoms with Crippen LogP contribution in [0.25, 0.3) is 5.69 Å². The number of hydrogen-bond acceptors (Lipinski definition) is 4. The van der Waals surface area contributed by atoms with Crippen molar-refractivity contribution in [2.45, 2.75) is 25.9 Å². The Kier molecular flexibility index (Phi) is 3.85. The third kappa shape index (κ3) is 2.82. The van der Waals surface area contributed by atoms with E-state index in [1.807, 2.05) is 31.2 Å². The number of methoxy groups -OCH3 is 1. The van der Waals surface area contributed by atoms with Crippen LogP contribution < -0.4 is 4.74 Å². The summed E-state index contributed by atoms with van der Waals surface area (Å²) in [5.41, 5.74) is 1.58. The van der Waals surface area contributed by atoms with Crippen LogP contribution in [0.15, 0.2) is 30.5 Å². The second-order valence-electron chi connectivity index (χ2n) is 6.13. The lowest BCUT2D eigenvalue weighted by atomic mass is 9.96. The van der Waals surface area contributed by atoms with Crippen LogP contribution in [0, 0.1) is 0 Å². The first-order valence-electron chi connectivity index (χ1n) is 7.68. The molecule has 0 bridgehead atoms. The quantitative estimate of drug-likeness (QED) is 0.931. The maximum absolute atomic E-state index is 12.6. The minimum atomic E-state index is -0.770. The Morgan fingerprint density at radius 1 is 1.35 bits per heavy atom. The van der Waals surface area contributed by atoms with Crippen molar-refractivity contribution in [3.8, 4) is 11.4 Å². The lowest BCUT2D eigenvalue weighted by Crippen LogP contribution is -2.61. The molecule has 6 nitrogen and oxygen atoms in total. The van der Waals surface area contributed by atoms with E-state index in [-0.39, 0.29) is 5.91 Å². The van der Waals surface area contributed by atoms with Gasteiger partial charge in [-0.25, -0.2) is 4.68 Å². The Labute approximate surface area is 135 Å². The highest BCUT2D eigenvalue weighted by Gasteiger charge is 2.40. The molecule has 1 aromatic carbocycles. The second-order valence-corrected chi connectivity index (χ2v) is 6.13. The van der Waals surface area contributed by atoms with Gasteiger partial charge in [-0.15, -0.1) is 0 Å². The van der Waals surface area contributed by atoms with Crippen LogP contribution >= 0.6 is 0 Å². The van der Waals surface area contributed by atoms with Crippen LogP contribution in [0.4, 0.5) is 0 Å². The normalized spacial score (nSPS) is 16.1. The summed E-state index contributed by atoms with van der Waals surface area (Å²) in [6.07, 6.45) is 2.30. The molecule has 6 heteroatoms. The zero-order valence-corrected chi connectivity index (χ0v) is 13.6. The number of aromatic nitrogens is 2. The van der Waals surface area contributed by atoms with Gasteiger partial charge in [0, 0.05) is 0 Å². The van der Waals surface area contributed by atoms with E-state index < -0.39 is 5.60 Å². The first-order valence-corrected chi connectivity index (χ1v) is 7.68. The first kappa shape index (κ1) is 15.6. The van der Waals surface area contributed by atoms with Gasteiger partial charge in [-0.3, -0.25) is 4.79 Å². The van der Waals surface area contributed by atoms with Crippen molar-refractivity contribution in [2.24, 2.45) is 0 Å². The van der Waals surface area contributed by atoms with Gasteiger partial charge in [0.25, 0.3) is 5.91 Å². The number of rotatable bonds is 4. The van der Waals surface area contributed by atoms with Crippen LogP contribution in [0.3, 0.4) is 0 Å². The van der Waals surface area contributed by atoms with Crippen molar-refractivity contribution < 1.29 is 14.6 Å². The number of carbonyl (C=O) groups is 1. The molecule has 0 unspecified atom stereocenters. The molecule has 122 valence electrons. The molecule has 1 saturated heterocycles. The topological polar surface area (TPSA) is 67.6 Å². The van der Waals surface area contributed by atoms with Crippen molar-refractivity contribution in [3.63, 3.8) is 0 Å².